The van der Waals surface area contributed by atoms with Gasteiger partial charge in [0, 0.05) is 47.9 Å². The quantitative estimate of drug-likeness (QED) is 0.334. The highest BCUT2D eigenvalue weighted by atomic mass is 16.5. The first-order valence-corrected chi connectivity index (χ1v) is 12.9. The van der Waals surface area contributed by atoms with Gasteiger partial charge < -0.3 is 23.9 Å². The van der Waals surface area contributed by atoms with Crippen LogP contribution in [0.4, 0.5) is 0 Å². The summed E-state index contributed by atoms with van der Waals surface area (Å²) in [5.74, 6) is 0.958. The number of hydrogen-bond acceptors (Lipinski definition) is 7. The molecule has 194 valence electrons. The maximum atomic E-state index is 13.2. The van der Waals surface area contributed by atoms with Gasteiger partial charge in [-0.15, -0.1) is 0 Å². The van der Waals surface area contributed by atoms with Crippen molar-refractivity contribution in [3.63, 3.8) is 0 Å². The van der Waals surface area contributed by atoms with Gasteiger partial charge in [-0.1, -0.05) is 43.3 Å². The molecule has 0 amide bonds. The molecular weight excluding hydrogens is 468 g/mol. The first-order valence-electron chi connectivity index (χ1n) is 12.9. The van der Waals surface area contributed by atoms with Crippen molar-refractivity contribution in [2.24, 2.45) is 0 Å². The Hall–Kier alpha value is -3.55. The smallest absolute Gasteiger partial charge is 0.342 e. The summed E-state index contributed by atoms with van der Waals surface area (Å²) in [6.07, 6.45) is 0. The van der Waals surface area contributed by atoms with Crippen LogP contribution in [0.3, 0.4) is 0 Å². The molecule has 7 heteroatoms. The summed E-state index contributed by atoms with van der Waals surface area (Å²) in [5, 5.41) is 14.0. The van der Waals surface area contributed by atoms with Crippen molar-refractivity contribution in [2.45, 2.75) is 26.8 Å². The second-order valence-electron chi connectivity index (χ2n) is 9.41. The highest BCUT2D eigenvalue weighted by Gasteiger charge is 2.34. The number of esters is 1. The van der Waals surface area contributed by atoms with Gasteiger partial charge >= 0.3 is 5.97 Å². The monoisotopic (exact) mass is 502 g/mol. The zero-order chi connectivity index (χ0) is 26.1. The molecule has 3 aromatic carbocycles. The number of methoxy groups -OCH3 is 1. The molecule has 1 aromatic heterocycles. The molecule has 0 radical (unpaired) electrons. The lowest BCUT2D eigenvalue weighted by molar-refractivity contribution is 0.0526. The van der Waals surface area contributed by atoms with Crippen molar-refractivity contribution in [3.8, 4) is 11.5 Å². The molecule has 37 heavy (non-hydrogen) atoms. The lowest BCUT2D eigenvalue weighted by Crippen LogP contribution is -2.47. The number of carbonyl (C=O) groups is 1. The van der Waals surface area contributed by atoms with E-state index in [-0.39, 0.29) is 18.4 Å². The summed E-state index contributed by atoms with van der Waals surface area (Å²) < 4.78 is 17.1. The van der Waals surface area contributed by atoms with Crippen molar-refractivity contribution < 1.29 is 23.8 Å². The fourth-order valence-electron chi connectivity index (χ4n) is 5.54. The molecule has 1 unspecified atom stereocenters. The number of phenolic OH excluding ortho intramolecular Hbond substituents is 1. The first kappa shape index (κ1) is 25.1. The van der Waals surface area contributed by atoms with E-state index in [2.05, 4.69) is 16.7 Å². The van der Waals surface area contributed by atoms with Gasteiger partial charge in [0.05, 0.1) is 19.8 Å². The third-order valence-electron chi connectivity index (χ3n) is 7.44. The number of carbonyl (C=O) groups excluding carboxylic acids is 1. The number of hydrogen-bond donors (Lipinski definition) is 1. The third kappa shape index (κ3) is 4.43. The van der Waals surface area contributed by atoms with E-state index < -0.39 is 5.97 Å². The Morgan fingerprint density at radius 2 is 1.70 bits per heavy atom. The van der Waals surface area contributed by atoms with Gasteiger partial charge in [-0.3, -0.25) is 4.90 Å². The predicted octanol–water partition coefficient (Wildman–Crippen LogP) is 5.51. The minimum Gasteiger partial charge on any atom is -0.507 e. The zero-order valence-corrected chi connectivity index (χ0v) is 21.9. The summed E-state index contributed by atoms with van der Waals surface area (Å²) in [5.41, 5.74) is 2.64. The van der Waals surface area contributed by atoms with E-state index in [4.69, 9.17) is 13.9 Å². The molecule has 1 aliphatic heterocycles. The molecule has 1 N–H and O–H groups in total. The molecular formula is C30H34N2O5. The number of furan rings is 1. The molecule has 0 spiro atoms. The lowest BCUT2D eigenvalue weighted by atomic mass is 9.88. The summed E-state index contributed by atoms with van der Waals surface area (Å²) in [6.45, 7) is 10.5. The van der Waals surface area contributed by atoms with Gasteiger partial charge in [0.25, 0.3) is 0 Å². The summed E-state index contributed by atoms with van der Waals surface area (Å²) in [7, 11) is 1.65. The van der Waals surface area contributed by atoms with E-state index in [0.717, 1.165) is 49.4 Å². The summed E-state index contributed by atoms with van der Waals surface area (Å²) in [4.78, 5) is 18.0. The number of phenols is 1. The molecule has 5 rings (SSSR count). The van der Waals surface area contributed by atoms with Crippen LogP contribution in [0, 0.1) is 6.92 Å². The maximum Gasteiger partial charge on any atom is 0.342 e. The summed E-state index contributed by atoms with van der Waals surface area (Å²) >= 11 is 0. The number of piperazine rings is 1. The van der Waals surface area contributed by atoms with E-state index >= 15 is 0 Å². The molecule has 0 bridgehead atoms. The SMILES string of the molecule is CCOC(=O)c1c(C)oc2c1c(C(c1ccc(OC)cc1)N1CCN(CC)CC1)c(O)c1ccccc12. The molecule has 2 heterocycles. The van der Waals surface area contributed by atoms with Crippen molar-refractivity contribution in [2.75, 3.05) is 46.4 Å². The lowest BCUT2D eigenvalue weighted by Gasteiger charge is -2.40. The number of benzene rings is 3. The number of likely N-dealkylation sites (N-methyl/N-ethyl adjacent to an activating group) is 1. The second kappa shape index (κ2) is 10.4. The molecule has 1 atom stereocenters. The molecule has 1 fully saturated rings. The largest absolute Gasteiger partial charge is 0.507 e. The van der Waals surface area contributed by atoms with Crippen molar-refractivity contribution in [3.05, 3.63) is 71.0 Å². The van der Waals surface area contributed by atoms with Crippen LogP contribution in [-0.2, 0) is 4.74 Å². The van der Waals surface area contributed by atoms with E-state index in [1.165, 1.54) is 0 Å². The highest BCUT2D eigenvalue weighted by molar-refractivity contribution is 6.16. The highest BCUT2D eigenvalue weighted by Crippen LogP contribution is 2.47. The second-order valence-corrected chi connectivity index (χ2v) is 9.41. The Bertz CT molecular complexity index is 1420. The molecule has 1 aliphatic rings. The van der Waals surface area contributed by atoms with Gasteiger partial charge in [0.1, 0.15) is 28.4 Å². The molecule has 1 saturated heterocycles. The fourth-order valence-corrected chi connectivity index (χ4v) is 5.54. The van der Waals surface area contributed by atoms with Gasteiger partial charge in [0.2, 0.25) is 0 Å². The van der Waals surface area contributed by atoms with E-state index in [1.807, 2.05) is 48.5 Å². The number of aryl methyl sites for hydroxylation is 1. The normalized spacial score (nSPS) is 15.8. The molecule has 0 aliphatic carbocycles. The fraction of sp³-hybridized carbons (Fsp3) is 0.367. The predicted molar refractivity (Wildman–Crippen MR) is 145 cm³/mol. The third-order valence-corrected chi connectivity index (χ3v) is 7.44. The Kier molecular flexibility index (Phi) is 7.09. The number of aromatic hydroxyl groups is 1. The topological polar surface area (TPSA) is 75.4 Å². The van der Waals surface area contributed by atoms with E-state index in [0.29, 0.717) is 33.2 Å². The number of fused-ring (bicyclic) bond motifs is 3. The van der Waals surface area contributed by atoms with E-state index in [9.17, 15) is 9.90 Å². The van der Waals surface area contributed by atoms with Crippen molar-refractivity contribution in [1.82, 2.24) is 9.80 Å². The minimum absolute atomic E-state index is 0.160. The van der Waals surface area contributed by atoms with Gasteiger partial charge in [0.15, 0.2) is 0 Å². The average Bonchev–Trinajstić information content (AvgIpc) is 3.28. The van der Waals surface area contributed by atoms with Crippen LogP contribution in [0.1, 0.15) is 47.1 Å². The van der Waals surface area contributed by atoms with Gasteiger partial charge in [-0.2, -0.15) is 0 Å². The standard InChI is InChI=1S/C30H34N2O5/c1-5-31-15-17-32(18-16-31)27(20-11-13-21(35-4)14-12-20)26-25-24(30(34)36-6-2)19(3)37-29(25)23-10-8-7-9-22(23)28(26)33/h7-14,27,33H,5-6,15-18H2,1-4H3. The maximum absolute atomic E-state index is 13.2. The van der Waals surface area contributed by atoms with Crippen LogP contribution < -0.4 is 4.74 Å². The number of rotatable bonds is 7. The molecule has 4 aromatic rings. The Labute approximate surface area is 217 Å². The Morgan fingerprint density at radius 1 is 1.03 bits per heavy atom. The van der Waals surface area contributed by atoms with Crippen LogP contribution in [-0.4, -0.2) is 67.3 Å². The number of nitrogens with zero attached hydrogens (tertiary/aromatic N) is 2. The van der Waals surface area contributed by atoms with E-state index in [1.54, 1.807) is 21.0 Å². The first-order chi connectivity index (χ1) is 18.0. The van der Waals surface area contributed by atoms with Gasteiger partial charge in [-0.05, 0) is 38.1 Å². The molecule has 0 saturated carbocycles. The van der Waals surface area contributed by atoms with Crippen LogP contribution in [0.2, 0.25) is 0 Å². The van der Waals surface area contributed by atoms with Crippen LogP contribution in [0.25, 0.3) is 21.7 Å². The van der Waals surface area contributed by atoms with Crippen molar-refractivity contribution in [1.29, 1.82) is 0 Å². The van der Waals surface area contributed by atoms with Gasteiger partial charge in [-0.25, -0.2) is 4.79 Å². The Morgan fingerprint density at radius 3 is 2.32 bits per heavy atom. The molecule has 7 nitrogen and oxygen atoms in total. The van der Waals surface area contributed by atoms with Crippen LogP contribution in [0.5, 0.6) is 11.5 Å². The van der Waals surface area contributed by atoms with Crippen LogP contribution >= 0.6 is 0 Å². The summed E-state index contributed by atoms with van der Waals surface area (Å²) in [6, 6.07) is 15.3. The average molecular weight is 503 g/mol. The van der Waals surface area contributed by atoms with Crippen molar-refractivity contribution >= 4 is 27.7 Å². The minimum atomic E-state index is -0.445. The zero-order valence-electron chi connectivity index (χ0n) is 21.9. The Balaban J connectivity index is 1.82. The number of ether oxygens (including phenoxy) is 2. The van der Waals surface area contributed by atoms with Crippen LogP contribution in [0.15, 0.2) is 52.9 Å².